The molecule has 8 heteroatoms. The molecule has 3 aromatic rings. The zero-order chi connectivity index (χ0) is 19.9. The minimum atomic E-state index is -1.03. The fourth-order valence-electron chi connectivity index (χ4n) is 3.20. The van der Waals surface area contributed by atoms with Gasteiger partial charge in [0.2, 0.25) is 0 Å². The molecule has 27 heavy (non-hydrogen) atoms. The molecule has 142 valence electrons. The molecule has 2 N–H and O–H groups in total. The first kappa shape index (κ1) is 19.0. The van der Waals surface area contributed by atoms with Crippen molar-refractivity contribution in [3.8, 4) is 0 Å². The Hall–Kier alpha value is -2.74. The maximum Gasteiger partial charge on any atom is 0.339 e. The van der Waals surface area contributed by atoms with Gasteiger partial charge in [-0.1, -0.05) is 6.92 Å². The molecule has 0 saturated heterocycles. The van der Waals surface area contributed by atoms with Crippen LogP contribution in [0.4, 0.5) is 5.00 Å². The summed E-state index contributed by atoms with van der Waals surface area (Å²) in [6.45, 7) is 9.59. The Morgan fingerprint density at radius 2 is 2.04 bits per heavy atom. The largest absolute Gasteiger partial charge is 0.478 e. The second kappa shape index (κ2) is 7.11. The number of aromatic nitrogens is 3. The van der Waals surface area contributed by atoms with Crippen molar-refractivity contribution in [2.75, 3.05) is 5.32 Å². The molecule has 3 rings (SSSR count). The number of pyridine rings is 1. The minimum Gasteiger partial charge on any atom is -0.478 e. The van der Waals surface area contributed by atoms with E-state index >= 15 is 0 Å². The number of nitrogens with zero attached hydrogens (tertiary/aromatic N) is 3. The standard InChI is InChI=1S/C19H22N4O3S/c1-6-12-11(5)27-18(15(12)19(25)26)22-17(24)13-7-10(4)21-16-14(13)8-20-23(16)9(2)3/h7-9H,6H2,1-5H3,(H,22,24)(H,25,26). The molecule has 0 radical (unpaired) electrons. The van der Waals surface area contributed by atoms with Crippen molar-refractivity contribution in [1.29, 1.82) is 0 Å². The van der Waals surface area contributed by atoms with Gasteiger partial charge in [-0.15, -0.1) is 11.3 Å². The first-order valence-electron chi connectivity index (χ1n) is 8.76. The number of carbonyl (C=O) groups is 2. The molecule has 0 atom stereocenters. The zero-order valence-corrected chi connectivity index (χ0v) is 16.8. The van der Waals surface area contributed by atoms with E-state index < -0.39 is 5.97 Å². The van der Waals surface area contributed by atoms with E-state index in [4.69, 9.17) is 0 Å². The molecule has 0 aliphatic heterocycles. The van der Waals surface area contributed by atoms with Crippen LogP contribution in [0.3, 0.4) is 0 Å². The summed E-state index contributed by atoms with van der Waals surface area (Å²) in [5, 5.41) is 17.7. The summed E-state index contributed by atoms with van der Waals surface area (Å²) in [6.07, 6.45) is 2.23. The van der Waals surface area contributed by atoms with Gasteiger partial charge in [0.05, 0.1) is 22.7 Å². The predicted molar refractivity (Wildman–Crippen MR) is 106 cm³/mol. The van der Waals surface area contributed by atoms with Gasteiger partial charge >= 0.3 is 5.97 Å². The van der Waals surface area contributed by atoms with Gasteiger partial charge in [-0.05, 0) is 45.7 Å². The lowest BCUT2D eigenvalue weighted by atomic mass is 10.1. The van der Waals surface area contributed by atoms with Crippen molar-refractivity contribution < 1.29 is 14.7 Å². The van der Waals surface area contributed by atoms with E-state index in [1.165, 1.54) is 11.3 Å². The number of amides is 1. The molecule has 0 aromatic carbocycles. The SMILES string of the molecule is CCc1c(C)sc(NC(=O)c2cc(C)nc3c2cnn3C(C)C)c1C(=O)O. The van der Waals surface area contributed by atoms with Crippen LogP contribution >= 0.6 is 11.3 Å². The molecule has 3 heterocycles. The second-order valence-corrected chi connectivity index (χ2v) is 7.91. The van der Waals surface area contributed by atoms with Crippen LogP contribution in [-0.2, 0) is 6.42 Å². The molecule has 0 saturated carbocycles. The number of carboxylic acid groups (broad SMARTS) is 1. The molecule has 3 aromatic heterocycles. The molecular weight excluding hydrogens is 364 g/mol. The predicted octanol–water partition coefficient (Wildman–Crippen LogP) is 4.20. The van der Waals surface area contributed by atoms with Crippen molar-refractivity contribution >= 4 is 39.2 Å². The topological polar surface area (TPSA) is 97.1 Å². The van der Waals surface area contributed by atoms with E-state index in [0.717, 1.165) is 10.4 Å². The molecule has 0 unspecified atom stereocenters. The van der Waals surface area contributed by atoms with Crippen LogP contribution in [0, 0.1) is 13.8 Å². The quantitative estimate of drug-likeness (QED) is 0.685. The Morgan fingerprint density at radius 1 is 1.33 bits per heavy atom. The molecule has 7 nitrogen and oxygen atoms in total. The van der Waals surface area contributed by atoms with Gasteiger partial charge in [-0.2, -0.15) is 5.10 Å². The number of thiophene rings is 1. The average molecular weight is 386 g/mol. The Bertz CT molecular complexity index is 1050. The molecule has 0 fully saturated rings. The lowest BCUT2D eigenvalue weighted by molar-refractivity contribution is 0.0697. The van der Waals surface area contributed by atoms with Crippen LogP contribution in [0.1, 0.15) is 63.7 Å². The summed E-state index contributed by atoms with van der Waals surface area (Å²) in [7, 11) is 0. The van der Waals surface area contributed by atoms with Crippen molar-refractivity contribution in [2.24, 2.45) is 0 Å². The number of anilines is 1. The molecule has 0 bridgehead atoms. The number of aryl methyl sites for hydroxylation is 2. The molecule has 1 amide bonds. The van der Waals surface area contributed by atoms with Crippen LogP contribution < -0.4 is 5.32 Å². The highest BCUT2D eigenvalue weighted by molar-refractivity contribution is 7.16. The van der Waals surface area contributed by atoms with Crippen LogP contribution in [0.15, 0.2) is 12.3 Å². The van der Waals surface area contributed by atoms with Gasteiger partial charge in [0.25, 0.3) is 5.91 Å². The average Bonchev–Trinajstić information content (AvgIpc) is 3.14. The maximum atomic E-state index is 13.0. The third-order valence-corrected chi connectivity index (χ3v) is 5.49. The van der Waals surface area contributed by atoms with Gasteiger partial charge in [0.1, 0.15) is 5.00 Å². The Balaban J connectivity index is 2.07. The highest BCUT2D eigenvalue weighted by Crippen LogP contribution is 2.34. The normalized spacial score (nSPS) is 11.3. The Morgan fingerprint density at radius 3 is 2.63 bits per heavy atom. The summed E-state index contributed by atoms with van der Waals surface area (Å²) in [5.41, 5.74) is 2.71. The molecular formula is C19H22N4O3S. The van der Waals surface area contributed by atoms with Crippen molar-refractivity contribution in [1.82, 2.24) is 14.8 Å². The van der Waals surface area contributed by atoms with Gasteiger partial charge in [-0.25, -0.2) is 14.5 Å². The van der Waals surface area contributed by atoms with E-state index in [-0.39, 0.29) is 17.5 Å². The minimum absolute atomic E-state index is 0.110. The molecule has 0 aliphatic rings. The number of aromatic carboxylic acids is 1. The van der Waals surface area contributed by atoms with Gasteiger partial charge in [-0.3, -0.25) is 4.79 Å². The fourth-order valence-corrected chi connectivity index (χ4v) is 4.33. The highest BCUT2D eigenvalue weighted by Gasteiger charge is 2.24. The Labute approximate surface area is 161 Å². The lowest BCUT2D eigenvalue weighted by Gasteiger charge is -2.09. The third-order valence-electron chi connectivity index (χ3n) is 4.43. The van der Waals surface area contributed by atoms with E-state index in [9.17, 15) is 14.7 Å². The first-order valence-corrected chi connectivity index (χ1v) is 9.58. The lowest BCUT2D eigenvalue weighted by Crippen LogP contribution is -2.15. The number of nitrogens with one attached hydrogen (secondary N) is 1. The van der Waals surface area contributed by atoms with E-state index in [2.05, 4.69) is 15.4 Å². The number of rotatable bonds is 5. The number of hydrogen-bond acceptors (Lipinski definition) is 5. The van der Waals surface area contributed by atoms with Crippen LogP contribution in [-0.4, -0.2) is 31.7 Å². The number of hydrogen-bond donors (Lipinski definition) is 2. The van der Waals surface area contributed by atoms with Crippen molar-refractivity contribution in [2.45, 2.75) is 47.1 Å². The second-order valence-electron chi connectivity index (χ2n) is 6.69. The van der Waals surface area contributed by atoms with E-state index in [1.54, 1.807) is 16.9 Å². The van der Waals surface area contributed by atoms with Crippen LogP contribution in [0.5, 0.6) is 0 Å². The smallest absolute Gasteiger partial charge is 0.339 e. The monoisotopic (exact) mass is 386 g/mol. The maximum absolute atomic E-state index is 13.0. The third kappa shape index (κ3) is 3.32. The highest BCUT2D eigenvalue weighted by atomic mass is 32.1. The number of carboxylic acids is 1. The number of fused-ring (bicyclic) bond motifs is 1. The number of carbonyl (C=O) groups excluding carboxylic acids is 1. The van der Waals surface area contributed by atoms with Crippen LogP contribution in [0.25, 0.3) is 11.0 Å². The van der Waals surface area contributed by atoms with Crippen molar-refractivity contribution in [3.05, 3.63) is 39.5 Å². The van der Waals surface area contributed by atoms with Crippen molar-refractivity contribution in [3.63, 3.8) is 0 Å². The van der Waals surface area contributed by atoms with E-state index in [0.29, 0.717) is 33.7 Å². The summed E-state index contributed by atoms with van der Waals surface area (Å²) in [4.78, 5) is 30.1. The zero-order valence-electron chi connectivity index (χ0n) is 16.0. The molecule has 0 aliphatic carbocycles. The first-order chi connectivity index (χ1) is 12.7. The van der Waals surface area contributed by atoms with E-state index in [1.807, 2.05) is 34.6 Å². The van der Waals surface area contributed by atoms with Crippen LogP contribution in [0.2, 0.25) is 0 Å². The van der Waals surface area contributed by atoms with Gasteiger partial charge in [0.15, 0.2) is 5.65 Å². The fraction of sp³-hybridized carbons (Fsp3) is 0.368. The summed E-state index contributed by atoms with van der Waals surface area (Å²) in [6, 6.07) is 1.81. The Kier molecular flexibility index (Phi) is 5.01. The van der Waals surface area contributed by atoms with Gasteiger partial charge in [0, 0.05) is 16.6 Å². The summed E-state index contributed by atoms with van der Waals surface area (Å²) < 4.78 is 1.77. The van der Waals surface area contributed by atoms with Gasteiger partial charge < -0.3 is 10.4 Å². The molecule has 0 spiro atoms. The summed E-state index contributed by atoms with van der Waals surface area (Å²) >= 11 is 1.29. The summed E-state index contributed by atoms with van der Waals surface area (Å²) in [5.74, 6) is -1.39.